The van der Waals surface area contributed by atoms with Crippen molar-refractivity contribution >= 4 is 29.2 Å². The molecule has 0 radical (unpaired) electrons. The van der Waals surface area contributed by atoms with E-state index in [1.165, 1.54) is 11.1 Å². The van der Waals surface area contributed by atoms with E-state index < -0.39 is 0 Å². The maximum atomic E-state index is 12.5. The molecule has 2 heterocycles. The van der Waals surface area contributed by atoms with E-state index in [0.29, 0.717) is 47.2 Å². The first kappa shape index (κ1) is 16.8. The van der Waals surface area contributed by atoms with Crippen LogP contribution in [-0.4, -0.2) is 16.8 Å². The summed E-state index contributed by atoms with van der Waals surface area (Å²) >= 11 is 5.86. The highest BCUT2D eigenvalue weighted by Crippen LogP contribution is 2.35. The number of aromatic nitrogens is 1. The van der Waals surface area contributed by atoms with Gasteiger partial charge in [-0.25, -0.2) is 9.88 Å². The molecule has 0 atom stereocenters. The van der Waals surface area contributed by atoms with Crippen molar-refractivity contribution in [2.45, 2.75) is 32.3 Å². The second-order valence-electron chi connectivity index (χ2n) is 6.38. The Morgan fingerprint density at radius 3 is 2.19 bits per heavy atom. The fraction of sp³-hybridized carbons (Fsp3) is 0.250. The molecule has 1 aliphatic carbocycles. The van der Waals surface area contributed by atoms with Crippen molar-refractivity contribution in [1.82, 2.24) is 4.98 Å². The van der Waals surface area contributed by atoms with Crippen molar-refractivity contribution in [3.63, 3.8) is 0 Å². The summed E-state index contributed by atoms with van der Waals surface area (Å²) in [4.78, 5) is 30.5. The van der Waals surface area contributed by atoms with Gasteiger partial charge in [-0.15, -0.1) is 0 Å². The quantitative estimate of drug-likeness (QED) is 0.763. The highest BCUT2D eigenvalue weighted by atomic mass is 35.5. The van der Waals surface area contributed by atoms with Gasteiger partial charge in [-0.3, -0.25) is 9.59 Å². The van der Waals surface area contributed by atoms with Crippen molar-refractivity contribution in [2.75, 3.05) is 4.90 Å². The van der Waals surface area contributed by atoms with Crippen LogP contribution in [0.4, 0.5) is 5.82 Å². The number of benzene rings is 1. The molecule has 0 spiro atoms. The van der Waals surface area contributed by atoms with Crippen LogP contribution < -0.4 is 9.64 Å². The number of anilines is 1. The molecule has 26 heavy (non-hydrogen) atoms. The smallest absolute Gasteiger partial charge is 0.262 e. The second kappa shape index (κ2) is 6.92. The average Bonchev–Trinajstić information content (AvgIpc) is 2.93. The molecule has 2 amide bonds. The Morgan fingerprint density at radius 2 is 1.62 bits per heavy atom. The molecule has 6 heteroatoms. The van der Waals surface area contributed by atoms with Crippen LogP contribution in [-0.2, 0) is 16.2 Å². The Labute approximate surface area is 156 Å². The molecular formula is C20H17ClN2O3. The zero-order chi connectivity index (χ0) is 18.1. The highest BCUT2D eigenvalue weighted by Gasteiger charge is 2.40. The maximum absolute atomic E-state index is 12.5. The van der Waals surface area contributed by atoms with Crippen LogP contribution >= 0.6 is 11.6 Å². The molecule has 0 N–H and O–H groups in total. The third-order valence-corrected chi connectivity index (χ3v) is 4.91. The van der Waals surface area contributed by atoms with Crippen molar-refractivity contribution in [3.8, 4) is 5.75 Å². The van der Waals surface area contributed by atoms with E-state index in [4.69, 9.17) is 16.3 Å². The lowest BCUT2D eigenvalue weighted by atomic mass is 9.93. The molecule has 0 unspecified atom stereocenters. The third kappa shape index (κ3) is 3.10. The number of carbonyl (C=O) groups excluding carboxylic acids is 2. The van der Waals surface area contributed by atoms with E-state index in [9.17, 15) is 9.59 Å². The van der Waals surface area contributed by atoms with Gasteiger partial charge in [-0.05, 0) is 55.5 Å². The molecule has 0 saturated heterocycles. The number of hydrogen-bond donors (Lipinski definition) is 0. The van der Waals surface area contributed by atoms with Gasteiger partial charge >= 0.3 is 0 Å². The highest BCUT2D eigenvalue weighted by molar-refractivity contribution is 6.32. The van der Waals surface area contributed by atoms with Crippen LogP contribution in [0.1, 0.15) is 31.2 Å². The minimum atomic E-state index is -0.230. The van der Waals surface area contributed by atoms with E-state index in [1.807, 2.05) is 12.1 Å². The first-order chi connectivity index (χ1) is 12.6. The molecule has 4 rings (SSSR count). The predicted molar refractivity (Wildman–Crippen MR) is 98.0 cm³/mol. The average molecular weight is 369 g/mol. The van der Waals surface area contributed by atoms with Crippen LogP contribution in [0.5, 0.6) is 5.75 Å². The summed E-state index contributed by atoms with van der Waals surface area (Å²) in [6.45, 7) is 0.385. The van der Waals surface area contributed by atoms with E-state index in [0.717, 1.165) is 18.4 Å². The zero-order valence-electron chi connectivity index (χ0n) is 14.1. The summed E-state index contributed by atoms with van der Waals surface area (Å²) < 4.78 is 5.69. The van der Waals surface area contributed by atoms with Crippen LogP contribution in [0.25, 0.3) is 0 Å². The molecule has 0 fully saturated rings. The summed E-state index contributed by atoms with van der Waals surface area (Å²) in [5.41, 5.74) is 2.30. The first-order valence-electron chi connectivity index (χ1n) is 8.57. The standard InChI is InChI=1S/C20H17ClN2O3/c21-14-7-5-13(6-8-14)12-26-15-9-10-18(22-11-15)23-19(24)16-3-1-2-4-17(16)20(23)25/h5-11H,1-4,12H2. The summed E-state index contributed by atoms with van der Waals surface area (Å²) in [6.07, 6.45) is 4.80. The summed E-state index contributed by atoms with van der Waals surface area (Å²) in [5.74, 6) is 0.452. The monoisotopic (exact) mass is 368 g/mol. The lowest BCUT2D eigenvalue weighted by Crippen LogP contribution is -2.32. The molecular weight excluding hydrogens is 352 g/mol. The van der Waals surface area contributed by atoms with Crippen LogP contribution in [0.15, 0.2) is 53.7 Å². The van der Waals surface area contributed by atoms with Gasteiger partial charge in [0.05, 0.1) is 6.20 Å². The number of hydrogen-bond acceptors (Lipinski definition) is 4. The van der Waals surface area contributed by atoms with Crippen LogP contribution in [0.3, 0.4) is 0 Å². The number of rotatable bonds is 4. The third-order valence-electron chi connectivity index (χ3n) is 4.66. The Morgan fingerprint density at radius 1 is 0.962 bits per heavy atom. The van der Waals surface area contributed by atoms with Crippen molar-refractivity contribution in [3.05, 3.63) is 64.3 Å². The molecule has 1 aromatic carbocycles. The van der Waals surface area contributed by atoms with Crippen LogP contribution in [0, 0.1) is 0 Å². The van der Waals surface area contributed by atoms with Gasteiger partial charge in [0.15, 0.2) is 0 Å². The molecule has 0 saturated carbocycles. The number of ether oxygens (including phenoxy) is 1. The predicted octanol–water partition coefficient (Wildman–Crippen LogP) is 4.06. The largest absolute Gasteiger partial charge is 0.487 e. The van der Waals surface area contributed by atoms with Crippen LogP contribution in [0.2, 0.25) is 5.02 Å². The van der Waals surface area contributed by atoms with Gasteiger partial charge in [0, 0.05) is 16.2 Å². The van der Waals surface area contributed by atoms with Gasteiger partial charge in [-0.2, -0.15) is 0 Å². The van der Waals surface area contributed by atoms with Crippen molar-refractivity contribution in [1.29, 1.82) is 0 Å². The molecule has 2 aliphatic rings. The fourth-order valence-corrected chi connectivity index (χ4v) is 3.41. The minimum absolute atomic E-state index is 0.230. The number of halogens is 1. The Bertz CT molecular complexity index is 860. The van der Waals surface area contributed by atoms with Crippen molar-refractivity contribution < 1.29 is 14.3 Å². The SMILES string of the molecule is O=C1C2=C(CCCC2)C(=O)N1c1ccc(OCc2ccc(Cl)cc2)cn1. The molecule has 5 nitrogen and oxygen atoms in total. The minimum Gasteiger partial charge on any atom is -0.487 e. The molecule has 132 valence electrons. The molecule has 2 aromatic rings. The number of pyridine rings is 1. The van der Waals surface area contributed by atoms with Crippen molar-refractivity contribution in [2.24, 2.45) is 0 Å². The zero-order valence-corrected chi connectivity index (χ0v) is 14.8. The summed E-state index contributed by atoms with van der Waals surface area (Å²) in [7, 11) is 0. The molecule has 0 bridgehead atoms. The Hall–Kier alpha value is -2.66. The Balaban J connectivity index is 1.45. The molecule has 1 aliphatic heterocycles. The lowest BCUT2D eigenvalue weighted by Gasteiger charge is -2.14. The Kier molecular flexibility index (Phi) is 4.47. The summed E-state index contributed by atoms with van der Waals surface area (Å²) in [5, 5.41) is 0.677. The normalized spacial score (nSPS) is 16.9. The van der Waals surface area contributed by atoms with Gasteiger partial charge in [-0.1, -0.05) is 23.7 Å². The van der Waals surface area contributed by atoms with E-state index in [-0.39, 0.29) is 11.8 Å². The summed E-state index contributed by atoms with van der Waals surface area (Å²) in [6, 6.07) is 10.8. The number of carbonyl (C=O) groups is 2. The number of nitrogens with zero attached hydrogens (tertiary/aromatic N) is 2. The van der Waals surface area contributed by atoms with E-state index >= 15 is 0 Å². The fourth-order valence-electron chi connectivity index (χ4n) is 3.29. The second-order valence-corrected chi connectivity index (χ2v) is 6.81. The van der Waals surface area contributed by atoms with Gasteiger partial charge in [0.1, 0.15) is 18.2 Å². The number of amides is 2. The topological polar surface area (TPSA) is 59.5 Å². The van der Waals surface area contributed by atoms with E-state index in [1.54, 1.807) is 24.3 Å². The van der Waals surface area contributed by atoms with E-state index in [2.05, 4.69) is 4.98 Å². The number of imide groups is 1. The van der Waals surface area contributed by atoms with Gasteiger partial charge in [0.2, 0.25) is 0 Å². The maximum Gasteiger partial charge on any atom is 0.262 e. The van der Waals surface area contributed by atoms with Gasteiger partial charge < -0.3 is 4.74 Å². The van der Waals surface area contributed by atoms with Gasteiger partial charge in [0.25, 0.3) is 11.8 Å². The first-order valence-corrected chi connectivity index (χ1v) is 8.95. The lowest BCUT2D eigenvalue weighted by molar-refractivity contribution is -0.120. The molecule has 1 aromatic heterocycles.